The van der Waals surface area contributed by atoms with Crippen LogP contribution in [0.5, 0.6) is 0 Å². The number of benzene rings is 1. The molecule has 5 heteroatoms. The van der Waals surface area contributed by atoms with Gasteiger partial charge in [-0.2, -0.15) is 4.98 Å². The van der Waals surface area contributed by atoms with Crippen LogP contribution in [-0.4, -0.2) is 15.1 Å². The number of hydrogen-bond acceptors (Lipinski definition) is 4. The first kappa shape index (κ1) is 15.7. The highest BCUT2D eigenvalue weighted by Crippen LogP contribution is 2.22. The number of hydrogen-bond donors (Lipinski definition) is 2. The van der Waals surface area contributed by atoms with Gasteiger partial charge in [0.2, 0.25) is 5.89 Å². The molecule has 2 heterocycles. The Hall–Kier alpha value is -2.14. The second kappa shape index (κ2) is 7.42. The summed E-state index contributed by atoms with van der Waals surface area (Å²) in [5.74, 6) is 1.30. The molecule has 3 N–H and O–H groups in total. The summed E-state index contributed by atoms with van der Waals surface area (Å²) in [4.78, 5) is 7.72. The molecule has 0 amide bonds. The zero-order valence-corrected chi connectivity index (χ0v) is 13.6. The van der Waals surface area contributed by atoms with Gasteiger partial charge in [-0.1, -0.05) is 49.5 Å². The molecular weight excluding hydrogens is 288 g/mol. The van der Waals surface area contributed by atoms with E-state index in [0.29, 0.717) is 12.3 Å². The van der Waals surface area contributed by atoms with Crippen molar-refractivity contribution in [3.63, 3.8) is 0 Å². The summed E-state index contributed by atoms with van der Waals surface area (Å²) in [5, 5.41) is 5.25. The number of nitrogens with zero attached hydrogens (tertiary/aromatic N) is 2. The average Bonchev–Trinajstić information content (AvgIpc) is 3.19. The molecule has 0 saturated heterocycles. The van der Waals surface area contributed by atoms with E-state index in [9.17, 15) is 0 Å². The van der Waals surface area contributed by atoms with Gasteiger partial charge >= 0.3 is 0 Å². The number of para-hydroxylation sites is 1. The Morgan fingerprint density at radius 1 is 1.22 bits per heavy atom. The molecular formula is C18H24N4O. The summed E-state index contributed by atoms with van der Waals surface area (Å²) in [5.41, 5.74) is 8.56. The number of fused-ring (bicyclic) bond motifs is 1. The van der Waals surface area contributed by atoms with Crippen LogP contribution >= 0.6 is 0 Å². The first-order valence-electron chi connectivity index (χ1n) is 8.41. The zero-order chi connectivity index (χ0) is 16.1. The molecule has 0 unspecified atom stereocenters. The quantitative estimate of drug-likeness (QED) is 0.618. The Bertz CT molecular complexity index is 746. The zero-order valence-electron chi connectivity index (χ0n) is 13.6. The largest absolute Gasteiger partial charge is 0.361 e. The van der Waals surface area contributed by atoms with Crippen LogP contribution < -0.4 is 5.73 Å². The molecule has 1 aromatic carbocycles. The second-order valence-corrected chi connectivity index (χ2v) is 6.03. The Balaban J connectivity index is 1.62. The summed E-state index contributed by atoms with van der Waals surface area (Å²) >= 11 is 0. The highest BCUT2D eigenvalue weighted by atomic mass is 16.5. The van der Waals surface area contributed by atoms with Gasteiger partial charge in [-0.25, -0.2) is 0 Å². The number of H-pyrrole nitrogens is 1. The molecule has 0 aliphatic carbocycles. The van der Waals surface area contributed by atoms with E-state index in [1.807, 2.05) is 18.3 Å². The van der Waals surface area contributed by atoms with Crippen LogP contribution in [0.3, 0.4) is 0 Å². The SMILES string of the molecule is CCCCCCc1noc([C@@H](N)Cc2c[nH]c3ccccc23)n1. The molecule has 1 atom stereocenters. The van der Waals surface area contributed by atoms with Gasteiger partial charge in [-0.15, -0.1) is 0 Å². The summed E-state index contributed by atoms with van der Waals surface area (Å²) in [7, 11) is 0. The monoisotopic (exact) mass is 312 g/mol. The fourth-order valence-electron chi connectivity index (χ4n) is 2.85. The molecule has 0 fully saturated rings. The van der Waals surface area contributed by atoms with Crippen molar-refractivity contribution in [3.05, 3.63) is 47.7 Å². The van der Waals surface area contributed by atoms with Crippen molar-refractivity contribution in [3.8, 4) is 0 Å². The first-order valence-corrected chi connectivity index (χ1v) is 8.41. The third-order valence-electron chi connectivity index (χ3n) is 4.17. The van der Waals surface area contributed by atoms with E-state index >= 15 is 0 Å². The minimum Gasteiger partial charge on any atom is -0.361 e. The molecule has 5 nitrogen and oxygen atoms in total. The molecule has 0 saturated carbocycles. The van der Waals surface area contributed by atoms with Gasteiger partial charge in [0.05, 0.1) is 6.04 Å². The normalized spacial score (nSPS) is 12.8. The Morgan fingerprint density at radius 2 is 2.09 bits per heavy atom. The van der Waals surface area contributed by atoms with Crippen LogP contribution in [-0.2, 0) is 12.8 Å². The molecule has 0 radical (unpaired) electrons. The predicted molar refractivity (Wildman–Crippen MR) is 91.1 cm³/mol. The molecule has 0 aliphatic rings. The Labute approximate surface area is 136 Å². The predicted octanol–water partition coefficient (Wildman–Crippen LogP) is 3.92. The molecule has 0 aliphatic heterocycles. The van der Waals surface area contributed by atoms with Crippen molar-refractivity contribution in [2.45, 2.75) is 51.5 Å². The Morgan fingerprint density at radius 3 is 2.96 bits per heavy atom. The minimum absolute atomic E-state index is 0.272. The van der Waals surface area contributed by atoms with Gasteiger partial charge in [0.1, 0.15) is 0 Å². The van der Waals surface area contributed by atoms with E-state index < -0.39 is 0 Å². The smallest absolute Gasteiger partial charge is 0.243 e. The van der Waals surface area contributed by atoms with Crippen LogP contribution in [0, 0.1) is 0 Å². The molecule has 122 valence electrons. The van der Waals surface area contributed by atoms with Crippen LogP contribution in [0.1, 0.15) is 55.9 Å². The maximum Gasteiger partial charge on any atom is 0.243 e. The topological polar surface area (TPSA) is 80.7 Å². The summed E-state index contributed by atoms with van der Waals surface area (Å²) in [6.07, 6.45) is 8.35. The second-order valence-electron chi connectivity index (χ2n) is 6.03. The highest BCUT2D eigenvalue weighted by molar-refractivity contribution is 5.83. The van der Waals surface area contributed by atoms with E-state index in [2.05, 4.69) is 34.2 Å². The Kier molecular flexibility index (Phi) is 5.08. The average molecular weight is 312 g/mol. The number of aromatic amines is 1. The number of nitrogens with one attached hydrogen (secondary N) is 1. The van der Waals surface area contributed by atoms with Gasteiger partial charge in [-0.3, -0.25) is 0 Å². The lowest BCUT2D eigenvalue weighted by molar-refractivity contribution is 0.350. The lowest BCUT2D eigenvalue weighted by atomic mass is 10.1. The minimum atomic E-state index is -0.272. The lowest BCUT2D eigenvalue weighted by Crippen LogP contribution is -2.13. The molecule has 3 rings (SSSR count). The van der Waals surface area contributed by atoms with Gasteiger partial charge in [0, 0.05) is 23.5 Å². The maximum atomic E-state index is 6.26. The fourth-order valence-corrected chi connectivity index (χ4v) is 2.85. The van der Waals surface area contributed by atoms with Crippen molar-refractivity contribution in [1.29, 1.82) is 0 Å². The number of rotatable bonds is 8. The van der Waals surface area contributed by atoms with Crippen molar-refractivity contribution in [2.75, 3.05) is 0 Å². The van der Waals surface area contributed by atoms with Gasteiger partial charge in [0.15, 0.2) is 5.82 Å². The molecule has 2 aromatic heterocycles. The molecule has 3 aromatic rings. The van der Waals surface area contributed by atoms with Crippen molar-refractivity contribution in [1.82, 2.24) is 15.1 Å². The van der Waals surface area contributed by atoms with Crippen LogP contribution in [0.15, 0.2) is 35.0 Å². The van der Waals surface area contributed by atoms with Crippen molar-refractivity contribution in [2.24, 2.45) is 5.73 Å². The van der Waals surface area contributed by atoms with Crippen LogP contribution in [0.2, 0.25) is 0 Å². The van der Waals surface area contributed by atoms with E-state index in [1.54, 1.807) is 0 Å². The highest BCUT2D eigenvalue weighted by Gasteiger charge is 2.17. The van der Waals surface area contributed by atoms with E-state index in [-0.39, 0.29) is 6.04 Å². The summed E-state index contributed by atoms with van der Waals surface area (Å²) in [6, 6.07) is 7.94. The van der Waals surface area contributed by atoms with Gasteiger partial charge < -0.3 is 15.2 Å². The molecule has 0 spiro atoms. The lowest BCUT2D eigenvalue weighted by Gasteiger charge is -2.05. The van der Waals surface area contributed by atoms with Crippen LogP contribution in [0.4, 0.5) is 0 Å². The summed E-state index contributed by atoms with van der Waals surface area (Å²) in [6.45, 7) is 2.20. The maximum absolute atomic E-state index is 6.26. The van der Waals surface area contributed by atoms with E-state index in [4.69, 9.17) is 10.3 Å². The first-order chi connectivity index (χ1) is 11.3. The molecule has 23 heavy (non-hydrogen) atoms. The van der Waals surface area contributed by atoms with E-state index in [0.717, 1.165) is 24.2 Å². The number of aromatic nitrogens is 3. The third kappa shape index (κ3) is 3.79. The van der Waals surface area contributed by atoms with Crippen LogP contribution in [0.25, 0.3) is 10.9 Å². The third-order valence-corrected chi connectivity index (χ3v) is 4.17. The number of aryl methyl sites for hydroxylation is 1. The fraction of sp³-hybridized carbons (Fsp3) is 0.444. The van der Waals surface area contributed by atoms with Crippen molar-refractivity contribution >= 4 is 10.9 Å². The van der Waals surface area contributed by atoms with Gasteiger partial charge in [-0.05, 0) is 24.5 Å². The van der Waals surface area contributed by atoms with Gasteiger partial charge in [0.25, 0.3) is 0 Å². The number of nitrogens with two attached hydrogens (primary N) is 1. The number of unbranched alkanes of at least 4 members (excludes halogenated alkanes) is 3. The standard InChI is InChI=1S/C18H24N4O/c1-2-3-4-5-10-17-21-18(23-22-17)15(19)11-13-12-20-16-9-7-6-8-14(13)16/h6-9,12,15,20H,2-5,10-11,19H2,1H3/t15-/m0/s1. The molecule has 0 bridgehead atoms. The van der Waals surface area contributed by atoms with Crippen molar-refractivity contribution < 1.29 is 4.52 Å². The van der Waals surface area contributed by atoms with E-state index in [1.165, 1.54) is 30.2 Å². The summed E-state index contributed by atoms with van der Waals surface area (Å²) < 4.78 is 5.35.